The summed E-state index contributed by atoms with van der Waals surface area (Å²) in [6, 6.07) is 68.8. The number of hydrogen-bond donors (Lipinski definition) is 0. The van der Waals surface area contributed by atoms with Gasteiger partial charge in [-0.15, -0.1) is 0 Å². The van der Waals surface area contributed by atoms with E-state index in [9.17, 15) is 0 Å². The van der Waals surface area contributed by atoms with Crippen molar-refractivity contribution in [2.24, 2.45) is 0 Å². The second kappa shape index (κ2) is 12.0. The molecule has 1 aliphatic carbocycles. The third kappa shape index (κ3) is 4.49. The van der Waals surface area contributed by atoms with Gasteiger partial charge in [-0.05, 0) is 56.8 Å². The Balaban J connectivity index is 1.13. The average molecular weight is 689 g/mol. The molecule has 0 fully saturated rings. The highest BCUT2D eigenvalue weighted by Crippen LogP contribution is 2.63. The molecule has 1 aliphatic heterocycles. The van der Waals surface area contributed by atoms with Crippen molar-refractivity contribution in [2.45, 2.75) is 5.41 Å². The Hall–Kier alpha value is -7.10. The van der Waals surface area contributed by atoms with Gasteiger partial charge in [-0.2, -0.15) is 0 Å². The molecular weight excluding hydrogens is 657 g/mol. The fourth-order valence-electron chi connectivity index (χ4n) is 8.83. The molecule has 0 N–H and O–H groups in total. The summed E-state index contributed by atoms with van der Waals surface area (Å²) in [5, 5.41) is 2.26. The highest BCUT2D eigenvalue weighted by atomic mass is 16.5. The highest BCUT2D eigenvalue weighted by molar-refractivity contribution is 6.00. The highest BCUT2D eigenvalue weighted by Gasteiger charge is 2.51. The second-order valence-corrected chi connectivity index (χ2v) is 14.1. The molecule has 0 amide bonds. The molecule has 0 radical (unpaired) electrons. The molecule has 3 heteroatoms. The van der Waals surface area contributed by atoms with E-state index in [-0.39, 0.29) is 0 Å². The summed E-state index contributed by atoms with van der Waals surface area (Å²) in [5.41, 5.74) is 13.9. The number of para-hydroxylation sites is 2. The van der Waals surface area contributed by atoms with Crippen LogP contribution >= 0.6 is 0 Å². The molecule has 0 unspecified atom stereocenters. The number of ether oxygens (including phenoxy) is 1. The lowest BCUT2D eigenvalue weighted by atomic mass is 9.65. The van der Waals surface area contributed by atoms with Gasteiger partial charge in [-0.3, -0.25) is 0 Å². The van der Waals surface area contributed by atoms with Crippen molar-refractivity contribution in [3.63, 3.8) is 0 Å². The van der Waals surface area contributed by atoms with E-state index in [1.807, 2.05) is 24.3 Å². The van der Waals surface area contributed by atoms with Crippen molar-refractivity contribution in [1.82, 2.24) is 9.97 Å². The molecule has 2 heterocycles. The van der Waals surface area contributed by atoms with E-state index in [0.29, 0.717) is 5.82 Å². The van der Waals surface area contributed by atoms with Gasteiger partial charge in [0.15, 0.2) is 5.82 Å². The Labute approximate surface area is 313 Å². The fourth-order valence-corrected chi connectivity index (χ4v) is 8.83. The summed E-state index contributed by atoms with van der Waals surface area (Å²) < 4.78 is 7.02. The third-order valence-electron chi connectivity index (χ3n) is 11.2. The third-order valence-corrected chi connectivity index (χ3v) is 11.2. The zero-order valence-electron chi connectivity index (χ0n) is 29.3. The number of fused-ring (bicyclic) bond motifs is 10. The molecule has 3 nitrogen and oxygen atoms in total. The molecule has 1 spiro atoms. The predicted molar refractivity (Wildman–Crippen MR) is 219 cm³/mol. The van der Waals surface area contributed by atoms with Gasteiger partial charge in [-0.25, -0.2) is 9.97 Å². The lowest BCUT2D eigenvalue weighted by Gasteiger charge is -2.40. The number of rotatable bonds is 4. The van der Waals surface area contributed by atoms with Crippen LogP contribution in [0.4, 0.5) is 0 Å². The van der Waals surface area contributed by atoms with E-state index in [1.54, 1.807) is 0 Å². The topological polar surface area (TPSA) is 35.0 Å². The van der Waals surface area contributed by atoms with Crippen LogP contribution in [0.3, 0.4) is 0 Å². The lowest BCUT2D eigenvalue weighted by Crippen LogP contribution is -2.32. The van der Waals surface area contributed by atoms with Gasteiger partial charge in [0.25, 0.3) is 0 Å². The van der Waals surface area contributed by atoms with Crippen LogP contribution in [-0.2, 0) is 5.41 Å². The molecular formula is C51H32N2O. The molecule has 0 saturated carbocycles. The van der Waals surface area contributed by atoms with Crippen molar-refractivity contribution in [3.05, 3.63) is 216 Å². The Morgan fingerprint density at radius 2 is 0.944 bits per heavy atom. The van der Waals surface area contributed by atoms with Crippen molar-refractivity contribution < 1.29 is 4.74 Å². The minimum Gasteiger partial charge on any atom is -0.456 e. The van der Waals surface area contributed by atoms with Crippen LogP contribution in [-0.4, -0.2) is 9.97 Å². The SMILES string of the molecule is c1ccc(-c2cc(-c3cccc4ccc(-c5cccc6c5Oc5ccccc5C65c6ccccc6-c6ccccc65)cc34)nc(-c3ccccc3)n2)cc1. The van der Waals surface area contributed by atoms with Crippen LogP contribution in [0.15, 0.2) is 194 Å². The van der Waals surface area contributed by atoms with Crippen molar-refractivity contribution in [2.75, 3.05) is 0 Å². The van der Waals surface area contributed by atoms with E-state index < -0.39 is 5.41 Å². The van der Waals surface area contributed by atoms with E-state index in [0.717, 1.165) is 67.0 Å². The van der Waals surface area contributed by atoms with Gasteiger partial charge >= 0.3 is 0 Å². The maximum atomic E-state index is 7.02. The van der Waals surface area contributed by atoms with Gasteiger partial charge in [0, 0.05) is 33.4 Å². The molecule has 252 valence electrons. The Kier molecular flexibility index (Phi) is 6.77. The smallest absolute Gasteiger partial charge is 0.160 e. The number of aromatic nitrogens is 2. The van der Waals surface area contributed by atoms with Crippen LogP contribution in [0.1, 0.15) is 22.3 Å². The minimum atomic E-state index is -0.516. The van der Waals surface area contributed by atoms with E-state index in [1.165, 1.54) is 27.8 Å². The molecule has 0 saturated heterocycles. The largest absolute Gasteiger partial charge is 0.456 e. The summed E-state index contributed by atoms with van der Waals surface area (Å²) in [6.45, 7) is 0. The number of nitrogens with zero attached hydrogens (tertiary/aromatic N) is 2. The minimum absolute atomic E-state index is 0.516. The summed E-state index contributed by atoms with van der Waals surface area (Å²) in [7, 11) is 0. The first-order valence-electron chi connectivity index (χ1n) is 18.4. The monoisotopic (exact) mass is 688 g/mol. The van der Waals surface area contributed by atoms with Crippen molar-refractivity contribution >= 4 is 10.8 Å². The van der Waals surface area contributed by atoms with E-state index in [4.69, 9.17) is 14.7 Å². The predicted octanol–water partition coefficient (Wildman–Crippen LogP) is 12.8. The molecule has 11 rings (SSSR count). The first-order valence-corrected chi connectivity index (χ1v) is 18.4. The van der Waals surface area contributed by atoms with Gasteiger partial charge in [0.1, 0.15) is 11.5 Å². The lowest BCUT2D eigenvalue weighted by molar-refractivity contribution is 0.438. The van der Waals surface area contributed by atoms with Gasteiger partial charge < -0.3 is 4.74 Å². The zero-order valence-corrected chi connectivity index (χ0v) is 29.3. The number of hydrogen-bond acceptors (Lipinski definition) is 3. The average Bonchev–Trinajstić information content (AvgIpc) is 3.54. The fraction of sp³-hybridized carbons (Fsp3) is 0.0196. The van der Waals surface area contributed by atoms with E-state index in [2.05, 4.69) is 170 Å². The molecule has 1 aromatic heterocycles. The summed E-state index contributed by atoms with van der Waals surface area (Å²) in [5.74, 6) is 2.47. The maximum Gasteiger partial charge on any atom is 0.160 e. The first kappa shape index (κ1) is 30.5. The van der Waals surface area contributed by atoms with Crippen LogP contribution < -0.4 is 4.74 Å². The van der Waals surface area contributed by atoms with Crippen LogP contribution in [0, 0.1) is 0 Å². The molecule has 54 heavy (non-hydrogen) atoms. The Morgan fingerprint density at radius 1 is 0.370 bits per heavy atom. The molecule has 9 aromatic rings. The molecule has 8 aromatic carbocycles. The zero-order chi connectivity index (χ0) is 35.6. The summed E-state index contributed by atoms with van der Waals surface area (Å²) in [6.07, 6.45) is 0. The van der Waals surface area contributed by atoms with Gasteiger partial charge in [0.2, 0.25) is 0 Å². The van der Waals surface area contributed by atoms with Crippen LogP contribution in [0.2, 0.25) is 0 Å². The standard InChI is InChI=1S/C51H32N2O/c1-3-15-34(16-4-1)46-32-47(53-50(52-46)35-17-5-2-6-18-35)40-23-13-19-33-29-30-36(31-41(33)40)37-22-14-27-45-49(37)54-48-28-12-11-26-44(48)51(45)42-24-9-7-20-38(42)39-21-8-10-25-43(39)51/h1-32H. The van der Waals surface area contributed by atoms with Gasteiger partial charge in [0.05, 0.1) is 16.8 Å². The van der Waals surface area contributed by atoms with Crippen molar-refractivity contribution in [1.29, 1.82) is 0 Å². The van der Waals surface area contributed by atoms with Crippen LogP contribution in [0.5, 0.6) is 11.5 Å². The molecule has 2 aliphatic rings. The molecule has 0 bridgehead atoms. The van der Waals surface area contributed by atoms with Gasteiger partial charge in [-0.1, -0.05) is 176 Å². The second-order valence-electron chi connectivity index (χ2n) is 14.1. The van der Waals surface area contributed by atoms with Crippen molar-refractivity contribution in [3.8, 4) is 67.7 Å². The summed E-state index contributed by atoms with van der Waals surface area (Å²) >= 11 is 0. The summed E-state index contributed by atoms with van der Waals surface area (Å²) in [4.78, 5) is 10.3. The maximum absolute atomic E-state index is 7.02. The Morgan fingerprint density at radius 3 is 1.70 bits per heavy atom. The van der Waals surface area contributed by atoms with E-state index >= 15 is 0 Å². The Bertz CT molecular complexity index is 2810. The number of benzene rings is 8. The quantitative estimate of drug-likeness (QED) is 0.185. The van der Waals surface area contributed by atoms with Crippen LogP contribution in [0.25, 0.3) is 66.9 Å². The molecule has 0 atom stereocenters. The first-order chi connectivity index (χ1) is 26.8. The normalized spacial score (nSPS) is 13.1.